The highest BCUT2D eigenvalue weighted by molar-refractivity contribution is 7.91. The number of sulfone groups is 1. The van der Waals surface area contributed by atoms with Crippen LogP contribution in [-0.2, 0) is 14.6 Å². The van der Waals surface area contributed by atoms with E-state index >= 15 is 0 Å². The lowest BCUT2D eigenvalue weighted by atomic mass is 10.2. The molecule has 1 aromatic carbocycles. The zero-order valence-corrected chi connectivity index (χ0v) is 15.5. The van der Waals surface area contributed by atoms with Crippen LogP contribution in [-0.4, -0.2) is 25.1 Å². The maximum Gasteiger partial charge on any atom is 0.409 e. The Morgan fingerprint density at radius 2 is 1.76 bits per heavy atom. The third-order valence-electron chi connectivity index (χ3n) is 3.26. The molecule has 2 rings (SSSR count). The standard InChI is InChI=1S/C18H22N2O4S/c1-13-8-10-14(11-9-13)25(22,23)16(15-7-5-6-12-19-15)20-17(21)24-18(2,3)4/h5-12,16H,1-4H3,(H,20,21). The zero-order chi connectivity index (χ0) is 18.7. The summed E-state index contributed by atoms with van der Waals surface area (Å²) in [4.78, 5) is 16.3. The third kappa shape index (κ3) is 5.03. The Labute approximate surface area is 148 Å². The van der Waals surface area contributed by atoms with Crippen LogP contribution >= 0.6 is 0 Å². The summed E-state index contributed by atoms with van der Waals surface area (Å²) in [6, 6.07) is 11.3. The number of nitrogens with zero attached hydrogens (tertiary/aromatic N) is 1. The maximum absolute atomic E-state index is 13.0. The first kappa shape index (κ1) is 18.9. The summed E-state index contributed by atoms with van der Waals surface area (Å²) in [6.45, 7) is 6.98. The van der Waals surface area contributed by atoms with Crippen molar-refractivity contribution in [2.75, 3.05) is 0 Å². The number of carbonyl (C=O) groups is 1. The minimum atomic E-state index is -3.90. The maximum atomic E-state index is 13.0. The Bertz CT molecular complexity index is 826. The van der Waals surface area contributed by atoms with E-state index in [0.29, 0.717) is 0 Å². The molecule has 1 aromatic heterocycles. The fourth-order valence-electron chi connectivity index (χ4n) is 2.12. The largest absolute Gasteiger partial charge is 0.444 e. The summed E-state index contributed by atoms with van der Waals surface area (Å²) in [5.74, 6) is 0. The van der Waals surface area contributed by atoms with Crippen molar-refractivity contribution in [3.63, 3.8) is 0 Å². The molecule has 7 heteroatoms. The van der Waals surface area contributed by atoms with E-state index in [1.807, 2.05) is 6.92 Å². The lowest BCUT2D eigenvalue weighted by Gasteiger charge is -2.23. The first-order valence-corrected chi connectivity index (χ1v) is 9.35. The molecule has 134 valence electrons. The number of nitrogens with one attached hydrogen (secondary N) is 1. The van der Waals surface area contributed by atoms with Gasteiger partial charge in [0.15, 0.2) is 5.37 Å². The second kappa shape index (κ2) is 7.23. The van der Waals surface area contributed by atoms with E-state index in [2.05, 4.69) is 10.3 Å². The first-order valence-electron chi connectivity index (χ1n) is 7.80. The molecule has 25 heavy (non-hydrogen) atoms. The van der Waals surface area contributed by atoms with E-state index < -0.39 is 26.9 Å². The van der Waals surface area contributed by atoms with Crippen molar-refractivity contribution >= 4 is 15.9 Å². The number of benzene rings is 1. The van der Waals surface area contributed by atoms with E-state index in [4.69, 9.17) is 4.74 Å². The van der Waals surface area contributed by atoms with E-state index in [1.54, 1.807) is 51.1 Å². The smallest absolute Gasteiger partial charge is 0.409 e. The topological polar surface area (TPSA) is 85.4 Å². The Morgan fingerprint density at radius 3 is 2.28 bits per heavy atom. The summed E-state index contributed by atoms with van der Waals surface area (Å²) >= 11 is 0. The molecule has 1 heterocycles. The van der Waals surface area contributed by atoms with Gasteiger partial charge in [-0.05, 0) is 52.0 Å². The summed E-state index contributed by atoms with van der Waals surface area (Å²) in [7, 11) is -3.90. The summed E-state index contributed by atoms with van der Waals surface area (Å²) in [6.07, 6.45) is 0.655. The van der Waals surface area contributed by atoms with Crippen LogP contribution in [0.15, 0.2) is 53.6 Å². The van der Waals surface area contributed by atoms with Gasteiger partial charge in [0, 0.05) is 6.20 Å². The predicted octanol–water partition coefficient (Wildman–Crippen LogP) is 3.39. The molecule has 0 saturated carbocycles. The molecular weight excluding hydrogens is 340 g/mol. The minimum absolute atomic E-state index is 0.102. The normalized spacial score (nSPS) is 13.1. The van der Waals surface area contributed by atoms with Gasteiger partial charge >= 0.3 is 6.09 Å². The quantitative estimate of drug-likeness (QED) is 0.901. The Hall–Kier alpha value is -2.41. The molecule has 1 atom stereocenters. The van der Waals surface area contributed by atoms with E-state index in [-0.39, 0.29) is 10.6 Å². The molecule has 0 bridgehead atoms. The van der Waals surface area contributed by atoms with Crippen molar-refractivity contribution < 1.29 is 17.9 Å². The Kier molecular flexibility index (Phi) is 5.47. The van der Waals surface area contributed by atoms with Crippen molar-refractivity contribution in [2.24, 2.45) is 0 Å². The minimum Gasteiger partial charge on any atom is -0.444 e. The van der Waals surface area contributed by atoms with Crippen LogP contribution in [0.5, 0.6) is 0 Å². The van der Waals surface area contributed by atoms with Crippen LogP contribution in [0.25, 0.3) is 0 Å². The molecular formula is C18H22N2O4S. The molecule has 1 amide bonds. The van der Waals surface area contributed by atoms with E-state index in [9.17, 15) is 13.2 Å². The zero-order valence-electron chi connectivity index (χ0n) is 14.7. The van der Waals surface area contributed by atoms with Gasteiger partial charge in [-0.3, -0.25) is 10.3 Å². The fraction of sp³-hybridized carbons (Fsp3) is 0.333. The van der Waals surface area contributed by atoms with Gasteiger partial charge in [-0.2, -0.15) is 0 Å². The molecule has 0 spiro atoms. The van der Waals surface area contributed by atoms with E-state index in [1.165, 1.54) is 18.3 Å². The van der Waals surface area contributed by atoms with Crippen molar-refractivity contribution in [1.82, 2.24) is 10.3 Å². The molecule has 0 aliphatic rings. The summed E-state index contributed by atoms with van der Waals surface area (Å²) in [5, 5.41) is 1.09. The lowest BCUT2D eigenvalue weighted by molar-refractivity contribution is 0.0518. The number of hydrogen-bond acceptors (Lipinski definition) is 5. The predicted molar refractivity (Wildman–Crippen MR) is 94.7 cm³/mol. The second-order valence-electron chi connectivity index (χ2n) is 6.64. The SMILES string of the molecule is Cc1ccc(S(=O)(=O)C(NC(=O)OC(C)(C)C)c2ccccn2)cc1. The number of aryl methyl sites for hydroxylation is 1. The van der Waals surface area contributed by atoms with Crippen LogP contribution in [0.2, 0.25) is 0 Å². The highest BCUT2D eigenvalue weighted by Gasteiger charge is 2.33. The van der Waals surface area contributed by atoms with Gasteiger partial charge in [-0.1, -0.05) is 23.8 Å². The van der Waals surface area contributed by atoms with Crippen LogP contribution in [0.3, 0.4) is 0 Å². The monoisotopic (exact) mass is 362 g/mol. The van der Waals surface area contributed by atoms with Gasteiger partial charge in [0.25, 0.3) is 0 Å². The van der Waals surface area contributed by atoms with Crippen LogP contribution in [0.4, 0.5) is 4.79 Å². The number of amides is 1. The number of aromatic nitrogens is 1. The molecule has 1 unspecified atom stereocenters. The third-order valence-corrected chi connectivity index (χ3v) is 5.17. The molecule has 0 radical (unpaired) electrons. The van der Waals surface area contributed by atoms with Gasteiger partial charge in [0.2, 0.25) is 9.84 Å². The van der Waals surface area contributed by atoms with Crippen LogP contribution in [0, 0.1) is 6.92 Å². The molecule has 1 N–H and O–H groups in total. The number of hydrogen-bond donors (Lipinski definition) is 1. The molecule has 0 aliphatic heterocycles. The fourth-order valence-corrected chi connectivity index (χ4v) is 3.62. The molecule has 2 aromatic rings. The molecule has 6 nitrogen and oxygen atoms in total. The van der Waals surface area contributed by atoms with Gasteiger partial charge < -0.3 is 4.74 Å². The Balaban J connectivity index is 2.41. The molecule has 0 fully saturated rings. The number of rotatable bonds is 4. The van der Waals surface area contributed by atoms with Gasteiger partial charge in [0.1, 0.15) is 5.60 Å². The van der Waals surface area contributed by atoms with Gasteiger partial charge in [0.05, 0.1) is 10.6 Å². The van der Waals surface area contributed by atoms with Crippen LogP contribution in [0.1, 0.15) is 37.4 Å². The highest BCUT2D eigenvalue weighted by atomic mass is 32.2. The lowest BCUT2D eigenvalue weighted by Crippen LogP contribution is -2.38. The average molecular weight is 362 g/mol. The number of ether oxygens (including phenoxy) is 1. The van der Waals surface area contributed by atoms with Crippen molar-refractivity contribution in [3.8, 4) is 0 Å². The van der Waals surface area contributed by atoms with Crippen molar-refractivity contribution in [3.05, 3.63) is 59.9 Å². The van der Waals surface area contributed by atoms with Gasteiger partial charge in [-0.25, -0.2) is 13.2 Å². The van der Waals surface area contributed by atoms with Crippen molar-refractivity contribution in [1.29, 1.82) is 0 Å². The Morgan fingerprint density at radius 1 is 1.12 bits per heavy atom. The average Bonchev–Trinajstić information content (AvgIpc) is 2.52. The number of pyridine rings is 1. The molecule has 0 saturated heterocycles. The number of carbonyl (C=O) groups excluding carboxylic acids is 1. The summed E-state index contributed by atoms with van der Waals surface area (Å²) in [5.41, 5.74) is 0.411. The van der Waals surface area contributed by atoms with E-state index in [0.717, 1.165) is 5.56 Å². The molecule has 0 aliphatic carbocycles. The van der Waals surface area contributed by atoms with Crippen LogP contribution < -0.4 is 5.32 Å². The first-order chi connectivity index (χ1) is 11.6. The summed E-state index contributed by atoms with van der Waals surface area (Å²) < 4.78 is 31.3. The van der Waals surface area contributed by atoms with Crippen molar-refractivity contribution in [2.45, 2.75) is 43.6 Å². The highest BCUT2D eigenvalue weighted by Crippen LogP contribution is 2.26. The van der Waals surface area contributed by atoms with Gasteiger partial charge in [-0.15, -0.1) is 0 Å². The number of alkyl carbamates (subject to hydrolysis) is 1. The second-order valence-corrected chi connectivity index (χ2v) is 8.67.